The number of aliphatic hydroxyl groups excluding tert-OH is 1. The summed E-state index contributed by atoms with van der Waals surface area (Å²) < 4.78 is 11.1. The lowest BCUT2D eigenvalue weighted by Gasteiger charge is -2.09. The molecule has 0 heterocycles. The number of hydrogen-bond donors (Lipinski definition) is 1. The van der Waals surface area contributed by atoms with Crippen LogP contribution in [0.4, 0.5) is 0 Å². The Hall–Kier alpha value is -1.84. The van der Waals surface area contributed by atoms with E-state index in [1.807, 2.05) is 48.5 Å². The molecule has 0 aliphatic heterocycles. The first-order chi connectivity index (χ1) is 9.83. The van der Waals surface area contributed by atoms with E-state index in [4.69, 9.17) is 9.47 Å². The summed E-state index contributed by atoms with van der Waals surface area (Å²) in [5.74, 6) is 0.797. The normalized spacial score (nSPS) is 16.9. The van der Waals surface area contributed by atoms with Gasteiger partial charge in [0.15, 0.2) is 6.79 Å². The van der Waals surface area contributed by atoms with Gasteiger partial charge in [0, 0.05) is 0 Å². The molecule has 0 fully saturated rings. The molecule has 1 N–H and O–H groups in total. The minimum atomic E-state index is -0.312. The van der Waals surface area contributed by atoms with Crippen LogP contribution in [-0.2, 0) is 17.8 Å². The minimum absolute atomic E-state index is 0.232. The number of rotatable bonds is 5. The molecule has 0 aromatic heterocycles. The molecule has 1 aliphatic carbocycles. The quantitative estimate of drug-likeness (QED) is 0.669. The molecule has 0 bridgehead atoms. The standard InChI is InChI=1S/C17H18O3/c18-17-9-6-14-10-15(7-8-16(14)17)20-12-19-11-13-4-2-1-3-5-13/h1-5,7-8,10,17-18H,6,9,11-12H2/t17-/m0/s1. The zero-order valence-corrected chi connectivity index (χ0v) is 11.3. The number of aryl methyl sites for hydroxylation is 1. The molecule has 1 atom stereocenters. The van der Waals surface area contributed by atoms with Gasteiger partial charge < -0.3 is 14.6 Å². The molecule has 20 heavy (non-hydrogen) atoms. The zero-order chi connectivity index (χ0) is 13.8. The fraction of sp³-hybridized carbons (Fsp3) is 0.294. The fourth-order valence-corrected chi connectivity index (χ4v) is 2.50. The molecule has 0 amide bonds. The van der Waals surface area contributed by atoms with Gasteiger partial charge in [-0.25, -0.2) is 0 Å². The van der Waals surface area contributed by atoms with Crippen molar-refractivity contribution >= 4 is 0 Å². The van der Waals surface area contributed by atoms with Crippen molar-refractivity contribution in [3.8, 4) is 5.75 Å². The summed E-state index contributed by atoms with van der Waals surface area (Å²) in [7, 11) is 0. The maximum Gasteiger partial charge on any atom is 0.189 e. The topological polar surface area (TPSA) is 38.7 Å². The van der Waals surface area contributed by atoms with Crippen LogP contribution in [0.3, 0.4) is 0 Å². The second-order valence-corrected chi connectivity index (χ2v) is 5.01. The van der Waals surface area contributed by atoms with Crippen LogP contribution >= 0.6 is 0 Å². The maximum absolute atomic E-state index is 9.75. The van der Waals surface area contributed by atoms with Gasteiger partial charge in [-0.05, 0) is 41.7 Å². The van der Waals surface area contributed by atoms with E-state index in [1.165, 1.54) is 5.56 Å². The molecule has 2 aromatic rings. The van der Waals surface area contributed by atoms with E-state index in [9.17, 15) is 5.11 Å². The molecule has 0 saturated carbocycles. The van der Waals surface area contributed by atoms with Gasteiger partial charge in [0.25, 0.3) is 0 Å². The van der Waals surface area contributed by atoms with Gasteiger partial charge in [-0.15, -0.1) is 0 Å². The van der Waals surface area contributed by atoms with Crippen LogP contribution in [0.15, 0.2) is 48.5 Å². The largest absolute Gasteiger partial charge is 0.468 e. The van der Waals surface area contributed by atoms with E-state index >= 15 is 0 Å². The molecular weight excluding hydrogens is 252 g/mol. The van der Waals surface area contributed by atoms with Crippen LogP contribution in [0.25, 0.3) is 0 Å². The van der Waals surface area contributed by atoms with E-state index in [1.54, 1.807) is 0 Å². The van der Waals surface area contributed by atoms with Crippen molar-refractivity contribution < 1.29 is 14.6 Å². The lowest BCUT2D eigenvalue weighted by atomic mass is 10.1. The summed E-state index contributed by atoms with van der Waals surface area (Å²) in [5.41, 5.74) is 3.34. The smallest absolute Gasteiger partial charge is 0.189 e. The van der Waals surface area contributed by atoms with Crippen molar-refractivity contribution in [3.63, 3.8) is 0 Å². The van der Waals surface area contributed by atoms with Gasteiger partial charge >= 0.3 is 0 Å². The second kappa shape index (κ2) is 6.07. The first-order valence-electron chi connectivity index (χ1n) is 6.88. The SMILES string of the molecule is O[C@H]1CCc2cc(OCOCc3ccccc3)ccc21. The third-order valence-corrected chi connectivity index (χ3v) is 3.58. The van der Waals surface area contributed by atoms with Crippen LogP contribution in [-0.4, -0.2) is 11.9 Å². The van der Waals surface area contributed by atoms with E-state index in [0.29, 0.717) is 6.61 Å². The molecule has 104 valence electrons. The maximum atomic E-state index is 9.75. The molecule has 3 heteroatoms. The summed E-state index contributed by atoms with van der Waals surface area (Å²) in [6.07, 6.45) is 1.41. The van der Waals surface area contributed by atoms with Crippen molar-refractivity contribution in [2.24, 2.45) is 0 Å². The third kappa shape index (κ3) is 3.00. The second-order valence-electron chi connectivity index (χ2n) is 5.01. The average Bonchev–Trinajstić information content (AvgIpc) is 2.86. The molecule has 2 aromatic carbocycles. The van der Waals surface area contributed by atoms with Gasteiger partial charge in [0.1, 0.15) is 5.75 Å². The summed E-state index contributed by atoms with van der Waals surface area (Å²) in [6.45, 7) is 0.779. The van der Waals surface area contributed by atoms with Crippen molar-refractivity contribution in [1.29, 1.82) is 0 Å². The molecule has 0 radical (unpaired) electrons. The van der Waals surface area contributed by atoms with Gasteiger partial charge in [0.2, 0.25) is 0 Å². The molecule has 3 rings (SSSR count). The molecular formula is C17H18O3. The fourth-order valence-electron chi connectivity index (χ4n) is 2.50. The average molecular weight is 270 g/mol. The monoisotopic (exact) mass is 270 g/mol. The highest BCUT2D eigenvalue weighted by atomic mass is 16.7. The third-order valence-electron chi connectivity index (χ3n) is 3.58. The Bertz CT molecular complexity index is 566. The van der Waals surface area contributed by atoms with E-state index < -0.39 is 0 Å². The first-order valence-corrected chi connectivity index (χ1v) is 6.88. The van der Waals surface area contributed by atoms with E-state index in [0.717, 1.165) is 29.7 Å². The lowest BCUT2D eigenvalue weighted by Crippen LogP contribution is -2.03. The number of ether oxygens (including phenoxy) is 2. The molecule has 3 nitrogen and oxygen atoms in total. The van der Waals surface area contributed by atoms with Gasteiger partial charge in [0.05, 0.1) is 12.7 Å². The predicted molar refractivity (Wildman–Crippen MR) is 76.4 cm³/mol. The number of benzene rings is 2. The first kappa shape index (κ1) is 13.2. The van der Waals surface area contributed by atoms with Crippen LogP contribution in [0.5, 0.6) is 5.75 Å². The van der Waals surface area contributed by atoms with Crippen LogP contribution in [0.1, 0.15) is 29.2 Å². The van der Waals surface area contributed by atoms with Crippen molar-refractivity contribution in [2.45, 2.75) is 25.6 Å². The Morgan fingerprint density at radius 2 is 1.95 bits per heavy atom. The van der Waals surface area contributed by atoms with E-state index in [2.05, 4.69) is 0 Å². The number of aliphatic hydroxyl groups is 1. The number of fused-ring (bicyclic) bond motifs is 1. The Morgan fingerprint density at radius 3 is 2.80 bits per heavy atom. The Morgan fingerprint density at radius 1 is 1.10 bits per heavy atom. The van der Waals surface area contributed by atoms with Crippen molar-refractivity contribution in [1.82, 2.24) is 0 Å². The highest BCUT2D eigenvalue weighted by Crippen LogP contribution is 2.33. The van der Waals surface area contributed by atoms with Crippen LogP contribution < -0.4 is 4.74 Å². The summed E-state index contributed by atoms with van der Waals surface area (Å²) >= 11 is 0. The number of hydrogen-bond acceptors (Lipinski definition) is 3. The molecule has 1 aliphatic rings. The van der Waals surface area contributed by atoms with E-state index in [-0.39, 0.29) is 12.9 Å². The predicted octanol–water partition coefficient (Wildman–Crippen LogP) is 3.22. The zero-order valence-electron chi connectivity index (χ0n) is 11.3. The Balaban J connectivity index is 1.50. The highest BCUT2D eigenvalue weighted by Gasteiger charge is 2.20. The molecule has 0 spiro atoms. The Kier molecular flexibility index (Phi) is 4.00. The van der Waals surface area contributed by atoms with Gasteiger partial charge in [-0.2, -0.15) is 0 Å². The summed E-state index contributed by atoms with van der Waals surface area (Å²) in [6, 6.07) is 15.8. The summed E-state index contributed by atoms with van der Waals surface area (Å²) in [4.78, 5) is 0. The Labute approximate surface area is 118 Å². The minimum Gasteiger partial charge on any atom is -0.468 e. The molecule has 0 saturated heterocycles. The highest BCUT2D eigenvalue weighted by molar-refractivity contribution is 5.39. The van der Waals surface area contributed by atoms with Crippen molar-refractivity contribution in [2.75, 3.05) is 6.79 Å². The van der Waals surface area contributed by atoms with Gasteiger partial charge in [-0.3, -0.25) is 0 Å². The lowest BCUT2D eigenvalue weighted by molar-refractivity contribution is 0.00501. The molecule has 0 unspecified atom stereocenters. The van der Waals surface area contributed by atoms with Crippen LogP contribution in [0, 0.1) is 0 Å². The summed E-state index contributed by atoms with van der Waals surface area (Å²) in [5, 5.41) is 9.75. The van der Waals surface area contributed by atoms with Crippen LogP contribution in [0.2, 0.25) is 0 Å². The van der Waals surface area contributed by atoms with Crippen molar-refractivity contribution in [3.05, 3.63) is 65.2 Å². The van der Waals surface area contributed by atoms with Gasteiger partial charge in [-0.1, -0.05) is 36.4 Å².